The van der Waals surface area contributed by atoms with Gasteiger partial charge in [-0.25, -0.2) is 0 Å². The fourth-order valence-corrected chi connectivity index (χ4v) is 3.46. The van der Waals surface area contributed by atoms with E-state index in [1.165, 1.54) is 37.8 Å². The number of nitrogens with zero attached hydrogens (tertiary/aromatic N) is 2. The molecule has 0 aliphatic rings. The van der Waals surface area contributed by atoms with Crippen LogP contribution in [0.25, 0.3) is 10.9 Å². The number of ether oxygens (including phenoxy) is 1. The van der Waals surface area contributed by atoms with Gasteiger partial charge in [-0.15, -0.1) is 12.4 Å². The smallest absolute Gasteiger partial charge is 0.121 e. The number of fused-ring (bicyclic) bond motifs is 1. The summed E-state index contributed by atoms with van der Waals surface area (Å²) in [6.45, 7) is 13.2. The highest BCUT2D eigenvalue weighted by Gasteiger charge is 2.09. The number of anilines is 1. The Morgan fingerprint density at radius 3 is 2.37 bits per heavy atom. The number of rotatable bonds is 11. The van der Waals surface area contributed by atoms with Crippen molar-refractivity contribution in [3.8, 4) is 5.75 Å². The third-order valence-corrected chi connectivity index (χ3v) is 5.07. The predicted octanol–water partition coefficient (Wildman–Crippen LogP) is 5.60. The lowest BCUT2D eigenvalue weighted by atomic mass is 10.1. The van der Waals surface area contributed by atoms with Crippen molar-refractivity contribution < 1.29 is 4.74 Å². The van der Waals surface area contributed by atoms with E-state index in [1.54, 1.807) is 7.11 Å². The van der Waals surface area contributed by atoms with Gasteiger partial charge in [0.05, 0.1) is 18.3 Å². The van der Waals surface area contributed by atoms with Gasteiger partial charge in [0.1, 0.15) is 5.75 Å². The van der Waals surface area contributed by atoms with Crippen LogP contribution in [-0.2, 0) is 0 Å². The van der Waals surface area contributed by atoms with E-state index in [0.29, 0.717) is 0 Å². The SMILES string of the molecule is CCN(CC)CCCCCCNc1cc(OC)cc2c(C)cc(C)nc12.Cl. The number of benzene rings is 1. The molecule has 0 amide bonds. The van der Waals surface area contributed by atoms with Gasteiger partial charge in [-0.05, 0) is 64.0 Å². The molecule has 2 aromatic rings. The van der Waals surface area contributed by atoms with Crippen LogP contribution in [0.2, 0.25) is 0 Å². The number of unbranched alkanes of at least 4 members (excludes halogenated alkanes) is 3. The van der Waals surface area contributed by atoms with E-state index in [1.807, 2.05) is 0 Å². The summed E-state index contributed by atoms with van der Waals surface area (Å²) in [5.74, 6) is 0.882. The molecule has 5 heteroatoms. The van der Waals surface area contributed by atoms with Gasteiger partial charge >= 0.3 is 0 Å². The molecule has 0 spiro atoms. The highest BCUT2D eigenvalue weighted by atomic mass is 35.5. The minimum atomic E-state index is 0. The zero-order valence-electron chi connectivity index (χ0n) is 17.6. The standard InChI is InChI=1S/C22H35N3O.ClH/c1-6-25(7-2)13-11-9-8-10-12-23-21-16-19(26-5)15-20-17(3)14-18(4)24-22(20)21;/h14-16,23H,6-13H2,1-5H3;1H. The Bertz CT molecular complexity index is 702. The molecule has 27 heavy (non-hydrogen) atoms. The Morgan fingerprint density at radius 1 is 1.00 bits per heavy atom. The molecular formula is C22H36ClN3O. The number of aromatic nitrogens is 1. The van der Waals surface area contributed by atoms with E-state index in [2.05, 4.69) is 56.1 Å². The molecule has 0 radical (unpaired) electrons. The molecule has 1 N–H and O–H groups in total. The van der Waals surface area contributed by atoms with Gasteiger partial charge in [-0.1, -0.05) is 26.7 Å². The molecule has 0 atom stereocenters. The first-order chi connectivity index (χ1) is 12.6. The zero-order chi connectivity index (χ0) is 18.9. The molecule has 0 saturated heterocycles. The molecule has 0 unspecified atom stereocenters. The number of hydrogen-bond donors (Lipinski definition) is 1. The van der Waals surface area contributed by atoms with Crippen LogP contribution in [0.15, 0.2) is 18.2 Å². The summed E-state index contributed by atoms with van der Waals surface area (Å²) in [6, 6.07) is 6.27. The summed E-state index contributed by atoms with van der Waals surface area (Å²) >= 11 is 0. The second-order valence-electron chi connectivity index (χ2n) is 7.02. The van der Waals surface area contributed by atoms with Crippen molar-refractivity contribution in [2.75, 3.05) is 38.6 Å². The van der Waals surface area contributed by atoms with Gasteiger partial charge < -0.3 is 15.0 Å². The Labute approximate surface area is 171 Å². The van der Waals surface area contributed by atoms with E-state index in [4.69, 9.17) is 9.72 Å². The van der Waals surface area contributed by atoms with Crippen LogP contribution >= 0.6 is 12.4 Å². The third-order valence-electron chi connectivity index (χ3n) is 5.07. The van der Waals surface area contributed by atoms with Gasteiger partial charge in [-0.2, -0.15) is 0 Å². The first-order valence-electron chi connectivity index (χ1n) is 10.0. The molecule has 1 aromatic carbocycles. The number of pyridine rings is 1. The lowest BCUT2D eigenvalue weighted by molar-refractivity contribution is 0.295. The molecule has 152 valence electrons. The van der Waals surface area contributed by atoms with Crippen molar-refractivity contribution in [3.63, 3.8) is 0 Å². The maximum Gasteiger partial charge on any atom is 0.121 e. The molecular weight excluding hydrogens is 358 g/mol. The van der Waals surface area contributed by atoms with Crippen molar-refractivity contribution in [1.29, 1.82) is 0 Å². The lowest BCUT2D eigenvalue weighted by Gasteiger charge is -2.17. The molecule has 0 saturated carbocycles. The van der Waals surface area contributed by atoms with E-state index in [-0.39, 0.29) is 12.4 Å². The van der Waals surface area contributed by atoms with Crippen LogP contribution in [0.5, 0.6) is 5.75 Å². The van der Waals surface area contributed by atoms with Gasteiger partial charge in [0.15, 0.2) is 0 Å². The topological polar surface area (TPSA) is 37.4 Å². The van der Waals surface area contributed by atoms with Crippen molar-refractivity contribution in [1.82, 2.24) is 9.88 Å². The van der Waals surface area contributed by atoms with Gasteiger partial charge in [-0.3, -0.25) is 4.98 Å². The molecule has 1 heterocycles. The number of methoxy groups -OCH3 is 1. The quantitative estimate of drug-likeness (QED) is 0.504. The second kappa shape index (κ2) is 12.0. The van der Waals surface area contributed by atoms with Crippen LogP contribution in [0.4, 0.5) is 5.69 Å². The molecule has 2 rings (SSSR count). The maximum atomic E-state index is 5.48. The van der Waals surface area contributed by atoms with Crippen molar-refractivity contribution in [3.05, 3.63) is 29.5 Å². The molecule has 0 fully saturated rings. The van der Waals surface area contributed by atoms with Gasteiger partial charge in [0.2, 0.25) is 0 Å². The number of aryl methyl sites for hydroxylation is 2. The fourth-order valence-electron chi connectivity index (χ4n) is 3.46. The predicted molar refractivity (Wildman–Crippen MR) is 120 cm³/mol. The number of halogens is 1. The first-order valence-corrected chi connectivity index (χ1v) is 10.0. The maximum absolute atomic E-state index is 5.48. The van der Waals surface area contributed by atoms with Crippen LogP contribution in [0.1, 0.15) is 50.8 Å². The van der Waals surface area contributed by atoms with Crippen LogP contribution in [-0.4, -0.2) is 43.2 Å². The van der Waals surface area contributed by atoms with E-state index >= 15 is 0 Å². The van der Waals surface area contributed by atoms with Crippen LogP contribution in [0, 0.1) is 13.8 Å². The highest BCUT2D eigenvalue weighted by molar-refractivity contribution is 5.94. The fraction of sp³-hybridized carbons (Fsp3) is 0.591. The summed E-state index contributed by atoms with van der Waals surface area (Å²) in [7, 11) is 1.72. The minimum Gasteiger partial charge on any atom is -0.497 e. The third kappa shape index (κ3) is 6.86. The summed E-state index contributed by atoms with van der Waals surface area (Å²) < 4.78 is 5.48. The number of nitrogens with one attached hydrogen (secondary N) is 1. The summed E-state index contributed by atoms with van der Waals surface area (Å²) in [6.07, 6.45) is 5.04. The summed E-state index contributed by atoms with van der Waals surface area (Å²) in [4.78, 5) is 7.25. The molecule has 0 aliphatic carbocycles. The monoisotopic (exact) mass is 393 g/mol. The Balaban J connectivity index is 0.00000364. The molecule has 0 aliphatic heterocycles. The molecule has 1 aromatic heterocycles. The van der Waals surface area contributed by atoms with Crippen molar-refractivity contribution in [2.24, 2.45) is 0 Å². The average molecular weight is 394 g/mol. The average Bonchev–Trinajstić information content (AvgIpc) is 2.64. The highest BCUT2D eigenvalue weighted by Crippen LogP contribution is 2.30. The molecule has 0 bridgehead atoms. The largest absolute Gasteiger partial charge is 0.497 e. The van der Waals surface area contributed by atoms with E-state index in [0.717, 1.165) is 47.7 Å². The first kappa shape index (κ1) is 23.5. The normalized spacial score (nSPS) is 10.9. The zero-order valence-corrected chi connectivity index (χ0v) is 18.4. The van der Waals surface area contributed by atoms with E-state index in [9.17, 15) is 0 Å². The van der Waals surface area contributed by atoms with Crippen molar-refractivity contribution in [2.45, 2.75) is 53.4 Å². The Morgan fingerprint density at radius 2 is 1.70 bits per heavy atom. The van der Waals surface area contributed by atoms with Crippen molar-refractivity contribution >= 4 is 29.0 Å². The van der Waals surface area contributed by atoms with Crippen LogP contribution < -0.4 is 10.1 Å². The van der Waals surface area contributed by atoms with Crippen LogP contribution in [0.3, 0.4) is 0 Å². The summed E-state index contributed by atoms with van der Waals surface area (Å²) in [5.41, 5.74) is 4.42. The second-order valence-corrected chi connectivity index (χ2v) is 7.02. The lowest BCUT2D eigenvalue weighted by Crippen LogP contribution is -2.23. The molecule has 4 nitrogen and oxygen atoms in total. The van der Waals surface area contributed by atoms with Gasteiger partial charge in [0, 0.05) is 23.7 Å². The Hall–Kier alpha value is -1.52. The Kier molecular flexibility index (Phi) is 10.5. The summed E-state index contributed by atoms with van der Waals surface area (Å²) in [5, 5.41) is 4.75. The van der Waals surface area contributed by atoms with E-state index < -0.39 is 0 Å². The van der Waals surface area contributed by atoms with Gasteiger partial charge in [0.25, 0.3) is 0 Å². The number of hydrogen-bond acceptors (Lipinski definition) is 4. The minimum absolute atomic E-state index is 0.